The molecule has 1 amide bonds. The van der Waals surface area contributed by atoms with E-state index >= 15 is 0 Å². The molecule has 0 radical (unpaired) electrons. The summed E-state index contributed by atoms with van der Waals surface area (Å²) in [5, 5.41) is 3.93. The molecule has 3 heteroatoms. The number of carbonyl (C=O) groups is 1. The summed E-state index contributed by atoms with van der Waals surface area (Å²) in [6, 6.07) is 5.83. The van der Waals surface area contributed by atoms with Gasteiger partial charge in [0.1, 0.15) is 0 Å². The van der Waals surface area contributed by atoms with Gasteiger partial charge in [0.2, 0.25) is 0 Å². The highest BCUT2D eigenvalue weighted by atomic mass is 79.9. The van der Waals surface area contributed by atoms with Crippen LogP contribution in [-0.2, 0) is 0 Å². The first kappa shape index (κ1) is 13.2. The van der Waals surface area contributed by atoms with Crippen molar-refractivity contribution >= 4 is 21.8 Å². The van der Waals surface area contributed by atoms with Crippen LogP contribution in [-0.4, -0.2) is 17.8 Å². The fourth-order valence-corrected chi connectivity index (χ4v) is 1.91. The maximum atomic E-state index is 11.9. The van der Waals surface area contributed by atoms with Gasteiger partial charge < -0.3 is 5.32 Å². The van der Waals surface area contributed by atoms with Gasteiger partial charge in [-0.25, -0.2) is 0 Å². The van der Waals surface area contributed by atoms with Crippen LogP contribution in [0.15, 0.2) is 18.2 Å². The first-order valence-corrected chi connectivity index (χ1v) is 6.69. The number of benzene rings is 1. The van der Waals surface area contributed by atoms with Crippen molar-refractivity contribution < 1.29 is 4.79 Å². The molecule has 0 heterocycles. The van der Waals surface area contributed by atoms with Gasteiger partial charge in [-0.1, -0.05) is 28.1 Å². The fourth-order valence-electron chi connectivity index (χ4n) is 1.51. The molecule has 0 saturated carbocycles. The summed E-state index contributed by atoms with van der Waals surface area (Å²) in [6.45, 7) is 4.76. The number of halogens is 1. The first-order valence-electron chi connectivity index (χ1n) is 5.57. The van der Waals surface area contributed by atoms with Crippen molar-refractivity contribution in [2.75, 3.05) is 11.9 Å². The second kappa shape index (κ2) is 6.69. The fraction of sp³-hybridized carbons (Fsp3) is 0.462. The second-order valence-corrected chi connectivity index (χ2v) is 4.69. The van der Waals surface area contributed by atoms with Crippen LogP contribution in [0.4, 0.5) is 0 Å². The molecule has 16 heavy (non-hydrogen) atoms. The molecule has 1 aromatic carbocycles. The predicted octanol–water partition coefficient (Wildman–Crippen LogP) is 3.21. The van der Waals surface area contributed by atoms with Gasteiger partial charge in [0.25, 0.3) is 5.91 Å². The van der Waals surface area contributed by atoms with Crippen LogP contribution in [0.25, 0.3) is 0 Å². The van der Waals surface area contributed by atoms with Gasteiger partial charge in [0, 0.05) is 17.4 Å². The molecule has 2 nitrogen and oxygen atoms in total. The van der Waals surface area contributed by atoms with Crippen LogP contribution < -0.4 is 5.32 Å². The lowest BCUT2D eigenvalue weighted by Crippen LogP contribution is -2.25. The molecule has 0 aliphatic rings. The number of nitrogens with one attached hydrogen (secondary N) is 1. The zero-order valence-corrected chi connectivity index (χ0v) is 11.4. The lowest BCUT2D eigenvalue weighted by molar-refractivity contribution is 0.0952. The highest BCUT2D eigenvalue weighted by molar-refractivity contribution is 9.09. The second-order valence-electron chi connectivity index (χ2n) is 3.90. The summed E-state index contributed by atoms with van der Waals surface area (Å²) in [7, 11) is 0. The quantitative estimate of drug-likeness (QED) is 0.653. The number of amides is 1. The van der Waals surface area contributed by atoms with Gasteiger partial charge in [-0.2, -0.15) is 0 Å². The van der Waals surface area contributed by atoms with Crippen molar-refractivity contribution in [3.8, 4) is 0 Å². The molecule has 88 valence electrons. The number of unbranched alkanes of at least 4 members (excludes halogenated alkanes) is 1. The smallest absolute Gasteiger partial charge is 0.251 e. The Morgan fingerprint density at radius 2 is 2.06 bits per heavy atom. The lowest BCUT2D eigenvalue weighted by atomic mass is 10.0. The van der Waals surface area contributed by atoms with Gasteiger partial charge in [0.15, 0.2) is 0 Å². The SMILES string of the molecule is Cc1cccc(C(=O)NCCCCBr)c1C. The summed E-state index contributed by atoms with van der Waals surface area (Å²) in [5.41, 5.74) is 3.02. The number of aryl methyl sites for hydroxylation is 1. The topological polar surface area (TPSA) is 29.1 Å². The van der Waals surface area contributed by atoms with E-state index in [1.54, 1.807) is 0 Å². The predicted molar refractivity (Wildman–Crippen MR) is 71.3 cm³/mol. The Morgan fingerprint density at radius 3 is 2.75 bits per heavy atom. The molecule has 0 fully saturated rings. The minimum atomic E-state index is 0.0378. The average molecular weight is 284 g/mol. The molecule has 0 atom stereocenters. The summed E-state index contributed by atoms with van der Waals surface area (Å²) < 4.78 is 0. The van der Waals surface area contributed by atoms with Gasteiger partial charge in [0.05, 0.1) is 0 Å². The van der Waals surface area contributed by atoms with Gasteiger partial charge in [-0.05, 0) is 43.9 Å². The zero-order chi connectivity index (χ0) is 12.0. The highest BCUT2D eigenvalue weighted by Gasteiger charge is 2.08. The average Bonchev–Trinajstić information content (AvgIpc) is 2.28. The maximum Gasteiger partial charge on any atom is 0.251 e. The Kier molecular flexibility index (Phi) is 5.53. The van der Waals surface area contributed by atoms with Crippen LogP contribution in [0.3, 0.4) is 0 Å². The summed E-state index contributed by atoms with van der Waals surface area (Å²) >= 11 is 3.37. The third kappa shape index (κ3) is 3.63. The molecule has 1 N–H and O–H groups in total. The molecule has 0 aliphatic heterocycles. The van der Waals surface area contributed by atoms with Gasteiger partial charge in [-0.3, -0.25) is 4.79 Å². The van der Waals surface area contributed by atoms with Crippen LogP contribution in [0.1, 0.15) is 34.3 Å². The normalized spacial score (nSPS) is 10.2. The summed E-state index contributed by atoms with van der Waals surface area (Å²) in [4.78, 5) is 11.9. The molecule has 0 bridgehead atoms. The van der Waals surface area contributed by atoms with E-state index in [4.69, 9.17) is 0 Å². The summed E-state index contributed by atoms with van der Waals surface area (Å²) in [6.07, 6.45) is 2.11. The first-order chi connectivity index (χ1) is 7.66. The third-order valence-corrected chi connectivity index (χ3v) is 3.26. The number of rotatable bonds is 5. The van der Waals surface area contributed by atoms with Crippen LogP contribution in [0, 0.1) is 13.8 Å². The van der Waals surface area contributed by atoms with Gasteiger partial charge >= 0.3 is 0 Å². The van der Waals surface area contributed by atoms with E-state index < -0.39 is 0 Å². The van der Waals surface area contributed by atoms with E-state index in [0.29, 0.717) is 0 Å². The molecule has 0 saturated heterocycles. The number of hydrogen-bond acceptors (Lipinski definition) is 1. The Labute approximate surface area is 106 Å². The minimum Gasteiger partial charge on any atom is -0.352 e. The van der Waals surface area contributed by atoms with Crippen LogP contribution >= 0.6 is 15.9 Å². The summed E-state index contributed by atoms with van der Waals surface area (Å²) in [5.74, 6) is 0.0378. The largest absolute Gasteiger partial charge is 0.352 e. The van der Waals surface area contributed by atoms with E-state index in [1.807, 2.05) is 32.0 Å². The lowest BCUT2D eigenvalue weighted by Gasteiger charge is -2.09. The van der Waals surface area contributed by atoms with E-state index in [0.717, 1.165) is 41.4 Å². The highest BCUT2D eigenvalue weighted by Crippen LogP contribution is 2.12. The number of alkyl halides is 1. The zero-order valence-electron chi connectivity index (χ0n) is 9.85. The van der Waals surface area contributed by atoms with Crippen molar-refractivity contribution in [1.82, 2.24) is 5.32 Å². The van der Waals surface area contributed by atoms with E-state index in [2.05, 4.69) is 21.2 Å². The maximum absolute atomic E-state index is 11.9. The minimum absolute atomic E-state index is 0.0378. The third-order valence-electron chi connectivity index (χ3n) is 2.70. The molecular weight excluding hydrogens is 266 g/mol. The van der Waals surface area contributed by atoms with E-state index in [1.165, 1.54) is 0 Å². The molecule has 1 rings (SSSR count). The van der Waals surface area contributed by atoms with Crippen LogP contribution in [0.5, 0.6) is 0 Å². The van der Waals surface area contributed by atoms with Crippen molar-refractivity contribution in [1.29, 1.82) is 0 Å². The van der Waals surface area contributed by atoms with E-state index in [-0.39, 0.29) is 5.91 Å². The van der Waals surface area contributed by atoms with Crippen molar-refractivity contribution in [2.24, 2.45) is 0 Å². The van der Waals surface area contributed by atoms with Gasteiger partial charge in [-0.15, -0.1) is 0 Å². The number of hydrogen-bond donors (Lipinski definition) is 1. The van der Waals surface area contributed by atoms with Crippen molar-refractivity contribution in [3.05, 3.63) is 34.9 Å². The van der Waals surface area contributed by atoms with E-state index in [9.17, 15) is 4.79 Å². The molecule has 0 aliphatic carbocycles. The molecular formula is C13H18BrNO. The standard InChI is InChI=1S/C13H18BrNO/c1-10-6-5-7-12(11(10)2)13(16)15-9-4-3-8-14/h5-7H,3-4,8-9H2,1-2H3,(H,15,16). The number of carbonyl (C=O) groups excluding carboxylic acids is 1. The van der Waals surface area contributed by atoms with Crippen molar-refractivity contribution in [2.45, 2.75) is 26.7 Å². The van der Waals surface area contributed by atoms with Crippen molar-refractivity contribution in [3.63, 3.8) is 0 Å². The molecule has 0 spiro atoms. The molecule has 0 unspecified atom stereocenters. The Balaban J connectivity index is 2.56. The Bertz CT molecular complexity index is 363. The Hall–Kier alpha value is -0.830. The van der Waals surface area contributed by atoms with Crippen LogP contribution in [0.2, 0.25) is 0 Å². The molecule has 0 aromatic heterocycles. The Morgan fingerprint density at radius 1 is 1.31 bits per heavy atom. The molecule has 1 aromatic rings. The monoisotopic (exact) mass is 283 g/mol.